The summed E-state index contributed by atoms with van der Waals surface area (Å²) < 4.78 is 13.0. The molecule has 0 aromatic heterocycles. The van der Waals surface area contributed by atoms with Crippen molar-refractivity contribution in [3.63, 3.8) is 0 Å². The molecule has 2 aromatic carbocycles. The van der Waals surface area contributed by atoms with Crippen LogP contribution in [0.25, 0.3) is 6.08 Å². The molecule has 1 aliphatic rings. The van der Waals surface area contributed by atoms with Crippen LogP contribution in [0, 0.1) is 5.82 Å². The summed E-state index contributed by atoms with van der Waals surface area (Å²) in [5, 5.41) is 3.70. The van der Waals surface area contributed by atoms with E-state index in [-0.39, 0.29) is 11.5 Å². The third-order valence-corrected chi connectivity index (χ3v) is 3.52. The molecule has 3 rings (SSSR count). The smallest absolute Gasteiger partial charge is 0.282 e. The van der Waals surface area contributed by atoms with Crippen LogP contribution in [-0.2, 0) is 14.4 Å². The molecule has 1 heterocycles. The fraction of sp³-hybridized carbons (Fsp3) is 0.0556. The Balaban J connectivity index is 1.83. The first-order valence-corrected chi connectivity index (χ1v) is 7.44. The van der Waals surface area contributed by atoms with E-state index in [9.17, 15) is 18.8 Å². The van der Waals surface area contributed by atoms with Crippen LogP contribution < -0.4 is 15.8 Å². The summed E-state index contributed by atoms with van der Waals surface area (Å²) in [7, 11) is 0. The molecule has 0 aliphatic carbocycles. The van der Waals surface area contributed by atoms with E-state index >= 15 is 0 Å². The Kier molecular flexibility index (Phi) is 4.30. The molecule has 1 fully saturated rings. The van der Waals surface area contributed by atoms with E-state index in [4.69, 9.17) is 0 Å². The van der Waals surface area contributed by atoms with Gasteiger partial charge in [0.25, 0.3) is 11.8 Å². The number of amides is 3. The highest BCUT2D eigenvalue weighted by Gasteiger charge is 2.34. The lowest BCUT2D eigenvalue weighted by molar-refractivity contribution is -0.117. The number of anilines is 2. The maximum atomic E-state index is 13.0. The number of hydrazine groups is 1. The Morgan fingerprint density at radius 3 is 2.32 bits per heavy atom. The van der Waals surface area contributed by atoms with E-state index in [2.05, 4.69) is 10.7 Å². The van der Waals surface area contributed by atoms with Crippen molar-refractivity contribution >= 4 is 35.2 Å². The SMILES string of the molecule is CC(=O)Nc1ccc(C=C2C(=O)NN(c3ccc(F)cc3)C2=O)cc1. The molecule has 0 saturated carbocycles. The molecule has 6 nitrogen and oxygen atoms in total. The van der Waals surface area contributed by atoms with Gasteiger partial charge in [-0.2, -0.15) is 0 Å². The van der Waals surface area contributed by atoms with Crippen LogP contribution in [-0.4, -0.2) is 17.7 Å². The highest BCUT2D eigenvalue weighted by atomic mass is 19.1. The second-order valence-electron chi connectivity index (χ2n) is 5.42. The molecule has 0 spiro atoms. The molecule has 0 unspecified atom stereocenters. The Hall–Kier alpha value is -3.48. The normalized spacial score (nSPS) is 15.4. The summed E-state index contributed by atoms with van der Waals surface area (Å²) in [6.07, 6.45) is 1.46. The molecule has 0 bridgehead atoms. The first-order valence-electron chi connectivity index (χ1n) is 7.44. The van der Waals surface area contributed by atoms with Crippen molar-refractivity contribution in [1.82, 2.24) is 5.43 Å². The van der Waals surface area contributed by atoms with E-state index in [1.165, 1.54) is 37.3 Å². The van der Waals surface area contributed by atoms with Crippen LogP contribution in [0.2, 0.25) is 0 Å². The van der Waals surface area contributed by atoms with Gasteiger partial charge in [0.2, 0.25) is 5.91 Å². The van der Waals surface area contributed by atoms with Crippen molar-refractivity contribution < 1.29 is 18.8 Å². The molecule has 126 valence electrons. The first-order chi connectivity index (χ1) is 11.9. The zero-order valence-corrected chi connectivity index (χ0v) is 13.2. The summed E-state index contributed by atoms with van der Waals surface area (Å²) in [5.41, 5.74) is 4.03. The van der Waals surface area contributed by atoms with Crippen LogP contribution in [0.3, 0.4) is 0 Å². The predicted octanol–water partition coefficient (Wildman–Crippen LogP) is 2.25. The Labute approximate surface area is 142 Å². The van der Waals surface area contributed by atoms with Crippen LogP contribution in [0.15, 0.2) is 54.1 Å². The molecule has 3 amide bonds. The predicted molar refractivity (Wildman–Crippen MR) is 90.8 cm³/mol. The molecule has 1 aliphatic heterocycles. The molecule has 7 heteroatoms. The summed E-state index contributed by atoms with van der Waals surface area (Å²) >= 11 is 0. The minimum Gasteiger partial charge on any atom is -0.326 e. The van der Waals surface area contributed by atoms with E-state index < -0.39 is 17.6 Å². The summed E-state index contributed by atoms with van der Waals surface area (Å²) in [6, 6.07) is 11.9. The van der Waals surface area contributed by atoms with Crippen LogP contribution in [0.1, 0.15) is 12.5 Å². The minimum absolute atomic E-state index is 0.0309. The van der Waals surface area contributed by atoms with Crippen LogP contribution >= 0.6 is 0 Å². The first kappa shape index (κ1) is 16.4. The molecule has 2 aromatic rings. The second kappa shape index (κ2) is 6.56. The van der Waals surface area contributed by atoms with Crippen molar-refractivity contribution in [2.75, 3.05) is 10.3 Å². The average Bonchev–Trinajstić information content (AvgIpc) is 2.85. The second-order valence-corrected chi connectivity index (χ2v) is 5.42. The Morgan fingerprint density at radius 2 is 1.72 bits per heavy atom. The van der Waals surface area contributed by atoms with Crippen LogP contribution in [0.5, 0.6) is 0 Å². The highest BCUT2D eigenvalue weighted by Crippen LogP contribution is 2.22. The van der Waals surface area contributed by atoms with Gasteiger partial charge in [0.15, 0.2) is 0 Å². The summed E-state index contributed by atoms with van der Waals surface area (Å²) in [5.74, 6) is -1.69. The quantitative estimate of drug-likeness (QED) is 0.665. The van der Waals surface area contributed by atoms with Crippen molar-refractivity contribution in [1.29, 1.82) is 0 Å². The van der Waals surface area contributed by atoms with Gasteiger partial charge in [-0.1, -0.05) is 12.1 Å². The number of halogens is 1. The maximum absolute atomic E-state index is 13.0. The Morgan fingerprint density at radius 1 is 1.08 bits per heavy atom. The van der Waals surface area contributed by atoms with Gasteiger partial charge in [0.05, 0.1) is 5.69 Å². The summed E-state index contributed by atoms with van der Waals surface area (Å²) in [4.78, 5) is 35.5. The van der Waals surface area contributed by atoms with Gasteiger partial charge in [-0.15, -0.1) is 0 Å². The summed E-state index contributed by atoms with van der Waals surface area (Å²) in [6.45, 7) is 1.40. The Bertz CT molecular complexity index is 873. The lowest BCUT2D eigenvalue weighted by atomic mass is 10.1. The molecular weight excluding hydrogens is 325 g/mol. The number of carbonyl (C=O) groups is 3. The van der Waals surface area contributed by atoms with Gasteiger partial charge >= 0.3 is 0 Å². The number of carbonyl (C=O) groups excluding carboxylic acids is 3. The van der Waals surface area contributed by atoms with Crippen LogP contribution in [0.4, 0.5) is 15.8 Å². The van der Waals surface area contributed by atoms with Gasteiger partial charge < -0.3 is 5.32 Å². The average molecular weight is 339 g/mol. The molecular formula is C18H14FN3O3. The van der Waals surface area contributed by atoms with E-state index in [1.54, 1.807) is 24.3 Å². The largest absolute Gasteiger partial charge is 0.326 e. The van der Waals surface area contributed by atoms with Gasteiger partial charge in [0, 0.05) is 12.6 Å². The van der Waals surface area contributed by atoms with Crippen molar-refractivity contribution in [3.05, 3.63) is 65.5 Å². The standard InChI is InChI=1S/C18H14FN3O3/c1-11(23)20-14-6-2-12(3-7-14)10-16-17(24)21-22(18(16)25)15-8-4-13(19)5-9-15/h2-10H,1H3,(H,20,23)(H,21,24). The highest BCUT2D eigenvalue weighted by molar-refractivity contribution is 6.31. The topological polar surface area (TPSA) is 78.5 Å². The van der Waals surface area contributed by atoms with Gasteiger partial charge in [0.1, 0.15) is 11.4 Å². The fourth-order valence-corrected chi connectivity index (χ4v) is 2.36. The van der Waals surface area contributed by atoms with Crippen molar-refractivity contribution in [2.45, 2.75) is 6.92 Å². The lowest BCUT2D eigenvalue weighted by Crippen LogP contribution is -2.35. The number of hydrogen-bond donors (Lipinski definition) is 2. The van der Waals surface area contributed by atoms with E-state index in [0.29, 0.717) is 16.9 Å². The van der Waals surface area contributed by atoms with Gasteiger partial charge in [-0.05, 0) is 48.0 Å². The number of rotatable bonds is 3. The molecule has 0 atom stereocenters. The molecule has 25 heavy (non-hydrogen) atoms. The van der Waals surface area contributed by atoms with E-state index in [0.717, 1.165) is 5.01 Å². The van der Waals surface area contributed by atoms with Crippen molar-refractivity contribution in [3.8, 4) is 0 Å². The lowest BCUT2D eigenvalue weighted by Gasteiger charge is -2.14. The molecule has 2 N–H and O–H groups in total. The monoisotopic (exact) mass is 339 g/mol. The van der Waals surface area contributed by atoms with Gasteiger partial charge in [-0.3, -0.25) is 19.8 Å². The number of benzene rings is 2. The number of nitrogens with zero attached hydrogens (tertiary/aromatic N) is 1. The van der Waals surface area contributed by atoms with Gasteiger partial charge in [-0.25, -0.2) is 9.40 Å². The third-order valence-electron chi connectivity index (χ3n) is 3.52. The minimum atomic E-state index is -0.541. The zero-order chi connectivity index (χ0) is 18.0. The third kappa shape index (κ3) is 3.55. The number of hydrogen-bond acceptors (Lipinski definition) is 3. The zero-order valence-electron chi connectivity index (χ0n) is 13.2. The fourth-order valence-electron chi connectivity index (χ4n) is 2.36. The maximum Gasteiger partial charge on any atom is 0.282 e. The number of nitrogens with one attached hydrogen (secondary N) is 2. The molecule has 0 radical (unpaired) electrons. The van der Waals surface area contributed by atoms with E-state index in [1.807, 2.05) is 0 Å². The molecule has 1 saturated heterocycles. The van der Waals surface area contributed by atoms with Crippen molar-refractivity contribution in [2.24, 2.45) is 0 Å².